The Hall–Kier alpha value is -1.69. The third kappa shape index (κ3) is 3.24. The average Bonchev–Trinajstić information content (AvgIpc) is 2.96. The molecule has 0 aliphatic carbocycles. The number of piperazine rings is 1. The van der Waals surface area contributed by atoms with Crippen LogP contribution in [0.15, 0.2) is 36.4 Å². The summed E-state index contributed by atoms with van der Waals surface area (Å²) in [4.78, 5) is 15.9. The predicted octanol–water partition coefficient (Wildman–Crippen LogP) is 3.98. The van der Waals surface area contributed by atoms with E-state index in [4.69, 9.17) is 11.6 Å². The maximum absolute atomic E-state index is 6.14. The van der Waals surface area contributed by atoms with Crippen LogP contribution < -0.4 is 4.90 Å². The van der Waals surface area contributed by atoms with E-state index in [9.17, 15) is 0 Å². The summed E-state index contributed by atoms with van der Waals surface area (Å²) in [5, 5.41) is 1.46. The zero-order valence-electron chi connectivity index (χ0n) is 13.6. The van der Waals surface area contributed by atoms with Crippen LogP contribution >= 0.6 is 22.9 Å². The fourth-order valence-electron chi connectivity index (χ4n) is 3.20. The van der Waals surface area contributed by atoms with E-state index >= 15 is 0 Å². The van der Waals surface area contributed by atoms with Gasteiger partial charge in [0.2, 0.25) is 5.28 Å². The van der Waals surface area contributed by atoms with Gasteiger partial charge >= 0.3 is 0 Å². The Morgan fingerprint density at radius 2 is 1.83 bits per heavy atom. The van der Waals surface area contributed by atoms with Gasteiger partial charge < -0.3 is 4.90 Å². The summed E-state index contributed by atoms with van der Waals surface area (Å²) in [5.74, 6) is 0.980. The van der Waals surface area contributed by atoms with Gasteiger partial charge in [0.25, 0.3) is 0 Å². The normalized spacial score (nSPS) is 16.0. The molecule has 1 fully saturated rings. The molecule has 0 radical (unpaired) electrons. The molecule has 124 valence electrons. The van der Waals surface area contributed by atoms with E-state index in [0.29, 0.717) is 5.28 Å². The van der Waals surface area contributed by atoms with Gasteiger partial charge in [-0.1, -0.05) is 30.3 Å². The highest BCUT2D eigenvalue weighted by molar-refractivity contribution is 7.18. The van der Waals surface area contributed by atoms with Crippen molar-refractivity contribution in [3.63, 3.8) is 0 Å². The number of aromatic nitrogens is 2. The molecule has 0 bridgehead atoms. The summed E-state index contributed by atoms with van der Waals surface area (Å²) >= 11 is 7.81. The van der Waals surface area contributed by atoms with E-state index in [1.54, 1.807) is 11.3 Å². The summed E-state index contributed by atoms with van der Waals surface area (Å²) in [7, 11) is 0. The summed E-state index contributed by atoms with van der Waals surface area (Å²) in [6, 6.07) is 12.8. The van der Waals surface area contributed by atoms with Crippen LogP contribution in [0.5, 0.6) is 0 Å². The number of nitrogens with zero attached hydrogens (tertiary/aromatic N) is 4. The van der Waals surface area contributed by atoms with Crippen molar-refractivity contribution in [1.29, 1.82) is 0 Å². The van der Waals surface area contributed by atoms with Crippen molar-refractivity contribution < 1.29 is 0 Å². The second-order valence-corrected chi connectivity index (χ2v) is 7.71. The molecule has 1 aromatic carbocycles. The lowest BCUT2D eigenvalue weighted by Gasteiger charge is -2.35. The molecule has 4 rings (SSSR count). The molecular weight excluding hydrogens is 340 g/mol. The van der Waals surface area contributed by atoms with Crippen molar-refractivity contribution in [2.24, 2.45) is 0 Å². The lowest BCUT2D eigenvalue weighted by Crippen LogP contribution is -2.46. The van der Waals surface area contributed by atoms with Gasteiger partial charge in [0, 0.05) is 37.6 Å². The van der Waals surface area contributed by atoms with E-state index in [1.165, 1.54) is 10.4 Å². The quantitative estimate of drug-likeness (QED) is 0.663. The zero-order valence-corrected chi connectivity index (χ0v) is 15.1. The van der Waals surface area contributed by atoms with E-state index in [2.05, 4.69) is 63.1 Å². The highest BCUT2D eigenvalue weighted by atomic mass is 35.5. The van der Waals surface area contributed by atoms with Crippen molar-refractivity contribution in [2.75, 3.05) is 31.1 Å². The number of benzene rings is 1. The minimum absolute atomic E-state index is 0.339. The maximum Gasteiger partial charge on any atom is 0.225 e. The van der Waals surface area contributed by atoms with Crippen LogP contribution in [0.2, 0.25) is 5.28 Å². The standard InChI is InChI=1S/C18H19ClN4S/c1-13-11-15-16(20-18(19)21-17(15)24-13)23-9-7-22(8-10-23)12-14-5-3-2-4-6-14/h2-6,11H,7-10,12H2,1H3. The second kappa shape index (κ2) is 6.67. The first-order valence-corrected chi connectivity index (χ1v) is 9.33. The van der Waals surface area contributed by atoms with E-state index < -0.39 is 0 Å². The van der Waals surface area contributed by atoms with Crippen molar-refractivity contribution in [3.8, 4) is 0 Å². The third-order valence-electron chi connectivity index (χ3n) is 4.39. The summed E-state index contributed by atoms with van der Waals surface area (Å²) < 4.78 is 0. The molecule has 3 aromatic rings. The molecule has 0 atom stereocenters. The Labute approximate surface area is 150 Å². The SMILES string of the molecule is Cc1cc2c(N3CCN(Cc4ccccc4)CC3)nc(Cl)nc2s1. The molecular formula is C18H19ClN4S. The minimum atomic E-state index is 0.339. The Morgan fingerprint density at radius 1 is 1.08 bits per heavy atom. The topological polar surface area (TPSA) is 32.3 Å². The predicted molar refractivity (Wildman–Crippen MR) is 101 cm³/mol. The monoisotopic (exact) mass is 358 g/mol. The van der Waals surface area contributed by atoms with Crippen molar-refractivity contribution in [2.45, 2.75) is 13.5 Å². The average molecular weight is 359 g/mol. The van der Waals surface area contributed by atoms with Crippen molar-refractivity contribution >= 4 is 39.0 Å². The highest BCUT2D eigenvalue weighted by Gasteiger charge is 2.21. The van der Waals surface area contributed by atoms with Crippen LogP contribution in [0.3, 0.4) is 0 Å². The van der Waals surface area contributed by atoms with Gasteiger partial charge in [0.1, 0.15) is 10.6 Å². The van der Waals surface area contributed by atoms with Gasteiger partial charge in [-0.2, -0.15) is 4.98 Å². The lowest BCUT2D eigenvalue weighted by atomic mass is 10.2. The first-order valence-electron chi connectivity index (χ1n) is 8.14. The molecule has 0 N–H and O–H groups in total. The molecule has 0 spiro atoms. The first-order chi connectivity index (χ1) is 11.7. The molecule has 24 heavy (non-hydrogen) atoms. The van der Waals surface area contributed by atoms with E-state index in [-0.39, 0.29) is 0 Å². The molecule has 0 amide bonds. The number of aryl methyl sites for hydroxylation is 1. The highest BCUT2D eigenvalue weighted by Crippen LogP contribution is 2.32. The van der Waals surface area contributed by atoms with Crippen LogP contribution in [0.1, 0.15) is 10.4 Å². The number of fused-ring (bicyclic) bond motifs is 1. The van der Waals surface area contributed by atoms with Gasteiger partial charge in [-0.05, 0) is 30.2 Å². The number of rotatable bonds is 3. The largest absolute Gasteiger partial charge is 0.353 e. The van der Waals surface area contributed by atoms with Crippen LogP contribution in [-0.2, 0) is 6.54 Å². The smallest absolute Gasteiger partial charge is 0.225 e. The molecule has 1 aliphatic heterocycles. The van der Waals surface area contributed by atoms with Crippen molar-refractivity contribution in [1.82, 2.24) is 14.9 Å². The molecule has 1 aliphatic rings. The molecule has 6 heteroatoms. The Morgan fingerprint density at radius 3 is 2.58 bits per heavy atom. The summed E-state index contributed by atoms with van der Waals surface area (Å²) in [6.45, 7) is 7.09. The Bertz CT molecular complexity index is 841. The zero-order chi connectivity index (χ0) is 16.5. The number of hydrogen-bond acceptors (Lipinski definition) is 5. The van der Waals surface area contributed by atoms with E-state index in [1.807, 2.05) is 0 Å². The van der Waals surface area contributed by atoms with Gasteiger partial charge in [-0.15, -0.1) is 11.3 Å². The van der Waals surface area contributed by atoms with Crippen LogP contribution in [0.4, 0.5) is 5.82 Å². The first kappa shape index (κ1) is 15.8. The maximum atomic E-state index is 6.14. The van der Waals surface area contributed by atoms with Gasteiger partial charge in [0.05, 0.1) is 5.39 Å². The van der Waals surface area contributed by atoms with Crippen LogP contribution in [0, 0.1) is 6.92 Å². The molecule has 0 saturated carbocycles. The number of anilines is 1. The van der Waals surface area contributed by atoms with Gasteiger partial charge in [-0.3, -0.25) is 4.90 Å². The summed E-state index contributed by atoms with van der Waals surface area (Å²) in [6.07, 6.45) is 0. The molecule has 0 unspecified atom stereocenters. The molecule has 3 heterocycles. The van der Waals surface area contributed by atoms with Gasteiger partial charge in [0.15, 0.2) is 0 Å². The third-order valence-corrected chi connectivity index (χ3v) is 5.50. The lowest BCUT2D eigenvalue weighted by molar-refractivity contribution is 0.249. The molecule has 4 nitrogen and oxygen atoms in total. The minimum Gasteiger partial charge on any atom is -0.353 e. The fourth-order valence-corrected chi connectivity index (χ4v) is 4.29. The Balaban J connectivity index is 1.50. The number of thiophene rings is 1. The van der Waals surface area contributed by atoms with Gasteiger partial charge in [-0.25, -0.2) is 4.98 Å². The number of hydrogen-bond donors (Lipinski definition) is 0. The fraction of sp³-hybridized carbons (Fsp3) is 0.333. The van der Waals surface area contributed by atoms with E-state index in [0.717, 1.165) is 48.8 Å². The van der Waals surface area contributed by atoms with Crippen LogP contribution in [0.25, 0.3) is 10.2 Å². The number of halogens is 1. The molecule has 2 aromatic heterocycles. The second-order valence-electron chi connectivity index (χ2n) is 6.14. The summed E-state index contributed by atoms with van der Waals surface area (Å²) in [5.41, 5.74) is 1.37. The molecule has 1 saturated heterocycles. The van der Waals surface area contributed by atoms with Crippen molar-refractivity contribution in [3.05, 3.63) is 52.1 Å². The Kier molecular flexibility index (Phi) is 4.39. The van der Waals surface area contributed by atoms with Crippen LogP contribution in [-0.4, -0.2) is 41.0 Å².